The minimum absolute atomic E-state index is 0.0524. The topological polar surface area (TPSA) is 68.0 Å². The molecule has 0 saturated heterocycles. The number of nitrogens with zero attached hydrogens (tertiary/aromatic N) is 3. The second kappa shape index (κ2) is 4.28. The van der Waals surface area contributed by atoms with Crippen molar-refractivity contribution in [3.8, 4) is 5.69 Å². The third-order valence-corrected chi connectivity index (χ3v) is 2.09. The number of aromatic nitrogens is 3. The zero-order chi connectivity index (χ0) is 12.4. The second-order valence-electron chi connectivity index (χ2n) is 3.24. The number of benzene rings is 1. The molecule has 0 saturated carbocycles. The predicted octanol–water partition coefficient (Wildman–Crippen LogP) is 1.90. The van der Waals surface area contributed by atoms with Gasteiger partial charge in [0.2, 0.25) is 0 Å². The zero-order valence-corrected chi connectivity index (χ0v) is 8.42. The summed E-state index contributed by atoms with van der Waals surface area (Å²) in [7, 11) is 0. The van der Waals surface area contributed by atoms with E-state index in [0.29, 0.717) is 5.69 Å². The summed E-state index contributed by atoms with van der Waals surface area (Å²) < 4.78 is 25.7. The van der Waals surface area contributed by atoms with Gasteiger partial charge in [-0.3, -0.25) is 0 Å². The molecule has 88 valence electrons. The summed E-state index contributed by atoms with van der Waals surface area (Å²) in [5, 5.41) is 15.6. The number of hydrogen-bond acceptors (Lipinski definition) is 3. The maximum Gasteiger partial charge on any atom is 0.335 e. The summed E-state index contributed by atoms with van der Waals surface area (Å²) in [6.45, 7) is 0. The lowest BCUT2D eigenvalue weighted by atomic mass is 10.2. The van der Waals surface area contributed by atoms with E-state index in [2.05, 4.69) is 10.3 Å². The number of halogens is 2. The molecule has 7 heteroatoms. The van der Waals surface area contributed by atoms with Gasteiger partial charge in [-0.15, -0.1) is 5.10 Å². The van der Waals surface area contributed by atoms with E-state index in [1.54, 1.807) is 6.07 Å². The fourth-order valence-electron chi connectivity index (χ4n) is 1.28. The first-order valence-corrected chi connectivity index (χ1v) is 4.62. The molecular formula is C10H7F2N3O2. The molecule has 1 heterocycles. The summed E-state index contributed by atoms with van der Waals surface area (Å²) in [6, 6.07) is 5.78. The lowest BCUT2D eigenvalue weighted by Gasteiger charge is -2.00. The Morgan fingerprint density at radius 2 is 2.18 bits per heavy atom. The SMILES string of the molecule is O=C(O)c1cccc(-n2cc(C(F)F)nn2)c1. The third kappa shape index (κ3) is 2.27. The van der Waals surface area contributed by atoms with Gasteiger partial charge in [-0.05, 0) is 18.2 Å². The summed E-state index contributed by atoms with van der Waals surface area (Å²) in [5.41, 5.74) is -0.0355. The van der Waals surface area contributed by atoms with E-state index in [0.717, 1.165) is 10.9 Å². The van der Waals surface area contributed by atoms with E-state index < -0.39 is 18.1 Å². The Morgan fingerprint density at radius 1 is 1.41 bits per heavy atom. The Bertz CT molecular complexity index is 554. The number of hydrogen-bond donors (Lipinski definition) is 1. The summed E-state index contributed by atoms with van der Waals surface area (Å²) in [5.74, 6) is -1.10. The standard InChI is InChI=1S/C10H7F2N3O2/c11-9(12)8-5-15(14-13-8)7-3-1-2-6(4-7)10(16)17/h1-5,9H,(H,16,17). The molecule has 5 nitrogen and oxygen atoms in total. The van der Waals surface area contributed by atoms with Crippen molar-refractivity contribution >= 4 is 5.97 Å². The predicted molar refractivity (Wildman–Crippen MR) is 53.3 cm³/mol. The maximum absolute atomic E-state index is 12.3. The number of aromatic carboxylic acids is 1. The van der Waals surface area contributed by atoms with Crippen molar-refractivity contribution in [1.82, 2.24) is 15.0 Å². The van der Waals surface area contributed by atoms with Gasteiger partial charge in [-0.2, -0.15) is 0 Å². The van der Waals surface area contributed by atoms with Crippen molar-refractivity contribution in [3.05, 3.63) is 41.7 Å². The highest BCUT2D eigenvalue weighted by Gasteiger charge is 2.13. The van der Waals surface area contributed by atoms with Crippen LogP contribution in [0, 0.1) is 0 Å². The van der Waals surface area contributed by atoms with Crippen molar-refractivity contribution < 1.29 is 18.7 Å². The fourth-order valence-corrected chi connectivity index (χ4v) is 1.28. The van der Waals surface area contributed by atoms with E-state index >= 15 is 0 Å². The van der Waals surface area contributed by atoms with E-state index in [-0.39, 0.29) is 5.56 Å². The van der Waals surface area contributed by atoms with Crippen LogP contribution in [0.15, 0.2) is 30.5 Å². The van der Waals surface area contributed by atoms with Crippen LogP contribution in [-0.4, -0.2) is 26.1 Å². The Kier molecular flexibility index (Phi) is 2.82. The van der Waals surface area contributed by atoms with Crippen molar-refractivity contribution in [2.24, 2.45) is 0 Å². The van der Waals surface area contributed by atoms with Crippen LogP contribution in [0.25, 0.3) is 5.69 Å². The summed E-state index contributed by atoms with van der Waals surface area (Å²) in [6.07, 6.45) is -1.64. The van der Waals surface area contributed by atoms with E-state index in [9.17, 15) is 13.6 Å². The van der Waals surface area contributed by atoms with Crippen molar-refractivity contribution in [3.63, 3.8) is 0 Å². The molecule has 0 fully saturated rings. The monoisotopic (exact) mass is 239 g/mol. The molecule has 0 atom stereocenters. The lowest BCUT2D eigenvalue weighted by Crippen LogP contribution is -2.00. The first-order chi connectivity index (χ1) is 8.08. The second-order valence-corrected chi connectivity index (χ2v) is 3.24. The fraction of sp³-hybridized carbons (Fsp3) is 0.100. The molecule has 2 aromatic rings. The normalized spacial score (nSPS) is 10.8. The van der Waals surface area contributed by atoms with Gasteiger partial charge >= 0.3 is 5.97 Å². The molecule has 1 aromatic heterocycles. The summed E-state index contributed by atoms with van der Waals surface area (Å²) in [4.78, 5) is 10.7. The molecule has 0 radical (unpaired) electrons. The molecule has 0 aliphatic rings. The lowest BCUT2D eigenvalue weighted by molar-refractivity contribution is 0.0697. The first-order valence-electron chi connectivity index (χ1n) is 4.62. The van der Waals surface area contributed by atoms with Crippen LogP contribution in [-0.2, 0) is 0 Å². The number of carbonyl (C=O) groups is 1. The maximum atomic E-state index is 12.3. The number of carboxylic acid groups (broad SMARTS) is 1. The highest BCUT2D eigenvalue weighted by Crippen LogP contribution is 2.17. The molecule has 0 aliphatic carbocycles. The Morgan fingerprint density at radius 3 is 2.76 bits per heavy atom. The minimum Gasteiger partial charge on any atom is -0.478 e. The van der Waals surface area contributed by atoms with Gasteiger partial charge in [-0.1, -0.05) is 11.3 Å². The average Bonchev–Trinajstić information content (AvgIpc) is 2.78. The Labute approximate surface area is 94.3 Å². The molecule has 0 unspecified atom stereocenters. The zero-order valence-electron chi connectivity index (χ0n) is 8.42. The van der Waals surface area contributed by atoms with Crippen LogP contribution in [0.2, 0.25) is 0 Å². The Hall–Kier alpha value is -2.31. The van der Waals surface area contributed by atoms with Crippen molar-refractivity contribution in [1.29, 1.82) is 0 Å². The molecule has 0 amide bonds. The summed E-state index contributed by atoms with van der Waals surface area (Å²) >= 11 is 0. The van der Waals surface area contributed by atoms with Gasteiger partial charge in [-0.25, -0.2) is 18.3 Å². The van der Waals surface area contributed by atoms with E-state index in [1.165, 1.54) is 18.2 Å². The number of carboxylic acids is 1. The van der Waals surface area contributed by atoms with Gasteiger partial charge in [0.05, 0.1) is 17.4 Å². The number of alkyl halides is 2. The highest BCUT2D eigenvalue weighted by atomic mass is 19.3. The van der Waals surface area contributed by atoms with Gasteiger partial charge in [0, 0.05) is 0 Å². The molecular weight excluding hydrogens is 232 g/mol. The van der Waals surface area contributed by atoms with Gasteiger partial charge in [0.25, 0.3) is 6.43 Å². The molecule has 0 bridgehead atoms. The molecule has 0 spiro atoms. The molecule has 0 aliphatic heterocycles. The smallest absolute Gasteiger partial charge is 0.335 e. The van der Waals surface area contributed by atoms with Crippen LogP contribution in [0.3, 0.4) is 0 Å². The average molecular weight is 239 g/mol. The quantitative estimate of drug-likeness (QED) is 0.888. The van der Waals surface area contributed by atoms with Crippen molar-refractivity contribution in [2.75, 3.05) is 0 Å². The van der Waals surface area contributed by atoms with Crippen molar-refractivity contribution in [2.45, 2.75) is 6.43 Å². The van der Waals surface area contributed by atoms with Gasteiger partial charge in [0.15, 0.2) is 0 Å². The van der Waals surface area contributed by atoms with Gasteiger partial charge < -0.3 is 5.11 Å². The van der Waals surface area contributed by atoms with Crippen LogP contribution in [0.5, 0.6) is 0 Å². The van der Waals surface area contributed by atoms with Crippen LogP contribution < -0.4 is 0 Å². The molecule has 17 heavy (non-hydrogen) atoms. The molecule has 2 rings (SSSR count). The molecule has 1 N–H and O–H groups in total. The highest BCUT2D eigenvalue weighted by molar-refractivity contribution is 5.88. The third-order valence-electron chi connectivity index (χ3n) is 2.09. The molecule has 1 aromatic carbocycles. The van der Waals surface area contributed by atoms with Crippen LogP contribution in [0.4, 0.5) is 8.78 Å². The van der Waals surface area contributed by atoms with Crippen LogP contribution >= 0.6 is 0 Å². The van der Waals surface area contributed by atoms with E-state index in [4.69, 9.17) is 5.11 Å². The Balaban J connectivity index is 2.38. The minimum atomic E-state index is -2.70. The van der Waals surface area contributed by atoms with Crippen LogP contribution in [0.1, 0.15) is 22.5 Å². The van der Waals surface area contributed by atoms with E-state index in [1.807, 2.05) is 0 Å². The first kappa shape index (κ1) is 11.2. The van der Waals surface area contributed by atoms with Gasteiger partial charge in [0.1, 0.15) is 5.69 Å². The largest absolute Gasteiger partial charge is 0.478 e. The number of rotatable bonds is 3.